The van der Waals surface area contributed by atoms with Crippen LogP contribution in [0.1, 0.15) is 6.42 Å². The molecule has 1 aromatic rings. The maximum atomic E-state index is 12.1. The third kappa shape index (κ3) is 6.45. The van der Waals surface area contributed by atoms with Crippen molar-refractivity contribution in [2.45, 2.75) is 17.1 Å². The molecule has 96 valence electrons. The van der Waals surface area contributed by atoms with Crippen LogP contribution in [0.25, 0.3) is 0 Å². The number of halogens is 3. The molecular formula is C10H13ClF2N2OS. The number of carbonyl (C=O) groups excluding carboxylic acids is 1. The van der Waals surface area contributed by atoms with Crippen LogP contribution in [0.15, 0.2) is 29.2 Å². The van der Waals surface area contributed by atoms with Crippen LogP contribution in [0, 0.1) is 0 Å². The van der Waals surface area contributed by atoms with Crippen LogP contribution in [0.3, 0.4) is 0 Å². The standard InChI is InChI=1S/C10H12F2N2OS.ClH/c11-10(12)16-8-3-1-2-7(6-8)14-9(15)4-5-13;/h1-3,6,10H,4-5,13H2,(H,14,15);1H. The van der Waals surface area contributed by atoms with Crippen LogP contribution in [-0.4, -0.2) is 18.2 Å². The molecule has 0 fully saturated rings. The minimum atomic E-state index is -2.46. The number of thioether (sulfide) groups is 1. The predicted octanol–water partition coefficient (Wildman–Crippen LogP) is 2.71. The molecule has 0 bridgehead atoms. The average molecular weight is 283 g/mol. The number of benzene rings is 1. The smallest absolute Gasteiger partial charge is 0.288 e. The van der Waals surface area contributed by atoms with Crippen LogP contribution in [0.5, 0.6) is 0 Å². The van der Waals surface area contributed by atoms with Crippen molar-refractivity contribution in [1.29, 1.82) is 0 Å². The number of alkyl halides is 2. The summed E-state index contributed by atoms with van der Waals surface area (Å²) in [7, 11) is 0. The Kier molecular flexibility index (Phi) is 7.86. The quantitative estimate of drug-likeness (QED) is 0.817. The summed E-state index contributed by atoms with van der Waals surface area (Å²) in [5.41, 5.74) is 5.72. The average Bonchev–Trinajstić information content (AvgIpc) is 2.17. The molecule has 0 aliphatic carbocycles. The van der Waals surface area contributed by atoms with Crippen LogP contribution in [0.2, 0.25) is 0 Å². The number of hydrogen-bond donors (Lipinski definition) is 2. The Labute approximate surface area is 109 Å². The number of rotatable bonds is 5. The van der Waals surface area contributed by atoms with Crippen molar-refractivity contribution in [2.75, 3.05) is 11.9 Å². The molecule has 1 rings (SSSR count). The van der Waals surface area contributed by atoms with Crippen LogP contribution in [0.4, 0.5) is 14.5 Å². The molecule has 3 N–H and O–H groups in total. The Morgan fingerprint density at radius 2 is 2.18 bits per heavy atom. The normalized spacial score (nSPS) is 9.88. The third-order valence-corrected chi connectivity index (χ3v) is 2.42. The van der Waals surface area contributed by atoms with Gasteiger partial charge in [0.15, 0.2) is 0 Å². The van der Waals surface area contributed by atoms with Crippen LogP contribution >= 0.6 is 24.2 Å². The van der Waals surface area contributed by atoms with Crippen molar-refractivity contribution in [3.63, 3.8) is 0 Å². The molecule has 0 aliphatic rings. The second-order valence-electron chi connectivity index (χ2n) is 2.99. The van der Waals surface area contributed by atoms with Gasteiger partial charge in [-0.05, 0) is 18.2 Å². The lowest BCUT2D eigenvalue weighted by Crippen LogP contribution is -2.16. The molecule has 0 unspecified atom stereocenters. The van der Waals surface area contributed by atoms with Gasteiger partial charge in [-0.1, -0.05) is 17.8 Å². The lowest BCUT2D eigenvalue weighted by molar-refractivity contribution is -0.116. The fourth-order valence-corrected chi connectivity index (χ4v) is 1.66. The van der Waals surface area contributed by atoms with E-state index in [1.807, 2.05) is 0 Å². The lowest BCUT2D eigenvalue weighted by atomic mass is 10.3. The molecule has 1 aromatic carbocycles. The maximum Gasteiger partial charge on any atom is 0.288 e. The zero-order valence-electron chi connectivity index (χ0n) is 8.86. The Hall–Kier alpha value is -0.850. The Morgan fingerprint density at radius 1 is 1.47 bits per heavy atom. The first-order chi connectivity index (χ1) is 7.61. The summed E-state index contributed by atoms with van der Waals surface area (Å²) in [5, 5.41) is 2.58. The summed E-state index contributed by atoms with van der Waals surface area (Å²) in [6.45, 7) is 0.261. The number of nitrogens with one attached hydrogen (secondary N) is 1. The van der Waals surface area contributed by atoms with Crippen molar-refractivity contribution in [2.24, 2.45) is 5.73 Å². The van der Waals surface area contributed by atoms with Gasteiger partial charge in [0.2, 0.25) is 5.91 Å². The van der Waals surface area contributed by atoms with E-state index in [1.54, 1.807) is 18.2 Å². The van der Waals surface area contributed by atoms with Gasteiger partial charge >= 0.3 is 0 Å². The largest absolute Gasteiger partial charge is 0.330 e. The highest BCUT2D eigenvalue weighted by atomic mass is 35.5. The highest BCUT2D eigenvalue weighted by Crippen LogP contribution is 2.27. The number of hydrogen-bond acceptors (Lipinski definition) is 3. The second kappa shape index (κ2) is 8.27. The second-order valence-corrected chi connectivity index (χ2v) is 4.06. The van der Waals surface area contributed by atoms with Gasteiger partial charge in [-0.25, -0.2) is 0 Å². The molecule has 0 radical (unpaired) electrons. The molecule has 0 aromatic heterocycles. The Morgan fingerprint density at radius 3 is 2.76 bits per heavy atom. The Balaban J connectivity index is 0.00000256. The molecule has 0 aliphatic heterocycles. The van der Waals surface area contributed by atoms with E-state index < -0.39 is 5.76 Å². The molecule has 0 atom stereocenters. The summed E-state index contributed by atoms with van der Waals surface area (Å²) in [6, 6.07) is 6.33. The molecule has 0 saturated carbocycles. The first-order valence-corrected chi connectivity index (χ1v) is 5.54. The molecular weight excluding hydrogens is 270 g/mol. The molecule has 7 heteroatoms. The summed E-state index contributed by atoms with van der Waals surface area (Å²) < 4.78 is 24.2. The van der Waals surface area contributed by atoms with Crippen molar-refractivity contribution in [3.05, 3.63) is 24.3 Å². The van der Waals surface area contributed by atoms with Gasteiger partial charge in [-0.3, -0.25) is 4.79 Å². The number of amides is 1. The molecule has 0 saturated heterocycles. The molecule has 3 nitrogen and oxygen atoms in total. The SMILES string of the molecule is Cl.NCCC(=O)Nc1cccc(SC(F)F)c1. The first-order valence-electron chi connectivity index (χ1n) is 4.66. The zero-order chi connectivity index (χ0) is 12.0. The highest BCUT2D eigenvalue weighted by molar-refractivity contribution is 7.99. The minimum Gasteiger partial charge on any atom is -0.330 e. The van der Waals surface area contributed by atoms with E-state index in [-0.39, 0.29) is 31.3 Å². The van der Waals surface area contributed by atoms with Gasteiger partial charge in [0, 0.05) is 23.5 Å². The minimum absolute atomic E-state index is 0. The van der Waals surface area contributed by atoms with E-state index >= 15 is 0 Å². The van der Waals surface area contributed by atoms with E-state index in [2.05, 4.69) is 5.32 Å². The Bertz CT molecular complexity index is 366. The van der Waals surface area contributed by atoms with E-state index in [9.17, 15) is 13.6 Å². The third-order valence-electron chi connectivity index (χ3n) is 1.71. The highest BCUT2D eigenvalue weighted by Gasteiger charge is 2.06. The van der Waals surface area contributed by atoms with Gasteiger partial charge in [0.1, 0.15) is 0 Å². The summed E-state index contributed by atoms with van der Waals surface area (Å²) in [6.07, 6.45) is 0.215. The van der Waals surface area contributed by atoms with E-state index in [0.29, 0.717) is 22.3 Å². The zero-order valence-corrected chi connectivity index (χ0v) is 10.5. The van der Waals surface area contributed by atoms with Crippen molar-refractivity contribution in [1.82, 2.24) is 0 Å². The molecule has 17 heavy (non-hydrogen) atoms. The predicted molar refractivity (Wildman–Crippen MR) is 67.9 cm³/mol. The van der Waals surface area contributed by atoms with Crippen molar-refractivity contribution >= 4 is 35.8 Å². The van der Waals surface area contributed by atoms with Crippen LogP contribution < -0.4 is 11.1 Å². The summed E-state index contributed by atoms with van der Waals surface area (Å²) >= 11 is 0.444. The summed E-state index contributed by atoms with van der Waals surface area (Å²) in [4.78, 5) is 11.6. The fourth-order valence-electron chi connectivity index (χ4n) is 1.10. The van der Waals surface area contributed by atoms with Gasteiger partial charge in [-0.2, -0.15) is 8.78 Å². The number of anilines is 1. The number of nitrogens with two attached hydrogens (primary N) is 1. The van der Waals surface area contributed by atoms with Crippen molar-refractivity contribution in [3.8, 4) is 0 Å². The lowest BCUT2D eigenvalue weighted by Gasteiger charge is -2.06. The molecule has 1 amide bonds. The van der Waals surface area contributed by atoms with Gasteiger partial charge in [-0.15, -0.1) is 12.4 Å². The monoisotopic (exact) mass is 282 g/mol. The molecule has 0 spiro atoms. The van der Waals surface area contributed by atoms with E-state index in [0.717, 1.165) is 0 Å². The van der Waals surface area contributed by atoms with Crippen molar-refractivity contribution < 1.29 is 13.6 Å². The maximum absolute atomic E-state index is 12.1. The topological polar surface area (TPSA) is 55.1 Å². The van der Waals surface area contributed by atoms with Gasteiger partial charge < -0.3 is 11.1 Å². The molecule has 0 heterocycles. The fraction of sp³-hybridized carbons (Fsp3) is 0.300. The van der Waals surface area contributed by atoms with E-state index in [4.69, 9.17) is 5.73 Å². The van der Waals surface area contributed by atoms with E-state index in [1.165, 1.54) is 6.07 Å². The number of carbonyl (C=O) groups is 1. The first kappa shape index (κ1) is 16.1. The van der Waals surface area contributed by atoms with Gasteiger partial charge in [0.05, 0.1) is 0 Å². The summed E-state index contributed by atoms with van der Waals surface area (Å²) in [5.74, 6) is -2.68. The van der Waals surface area contributed by atoms with Gasteiger partial charge in [0.25, 0.3) is 5.76 Å². The van der Waals surface area contributed by atoms with Crippen LogP contribution in [-0.2, 0) is 4.79 Å².